The first-order chi connectivity index (χ1) is 12.5. The van der Waals surface area contributed by atoms with Crippen LogP contribution in [-0.2, 0) is 9.59 Å². The number of nitrogens with one attached hydrogen (secondary N) is 2. The van der Waals surface area contributed by atoms with Gasteiger partial charge >= 0.3 is 0 Å². The third kappa shape index (κ3) is 8.04. The maximum atomic E-state index is 12.1. The number of rotatable bonds is 5. The average Bonchev–Trinajstić information content (AvgIpc) is 2.63. The molecule has 7 nitrogen and oxygen atoms in total. The summed E-state index contributed by atoms with van der Waals surface area (Å²) in [6.07, 6.45) is 0.318. The van der Waals surface area contributed by atoms with Crippen LogP contribution in [0.5, 0.6) is 0 Å². The molecule has 0 aromatic heterocycles. The van der Waals surface area contributed by atoms with Crippen molar-refractivity contribution >= 4 is 63.4 Å². The van der Waals surface area contributed by atoms with E-state index in [0.717, 1.165) is 35.8 Å². The number of hydrogen-bond acceptors (Lipinski definition) is 3. The number of halogens is 2. The number of guanidine groups is 1. The number of amides is 2. The van der Waals surface area contributed by atoms with Crippen molar-refractivity contribution in [3.05, 3.63) is 28.7 Å². The van der Waals surface area contributed by atoms with E-state index in [-0.39, 0.29) is 35.8 Å². The number of anilines is 1. The summed E-state index contributed by atoms with van der Waals surface area (Å²) in [6, 6.07) is 7.48. The van der Waals surface area contributed by atoms with Crippen molar-refractivity contribution in [3.8, 4) is 0 Å². The molecule has 1 saturated heterocycles. The molecule has 0 radical (unpaired) electrons. The Morgan fingerprint density at radius 2 is 1.70 bits per heavy atom. The molecule has 1 aliphatic rings. The highest BCUT2D eigenvalue weighted by Crippen LogP contribution is 2.14. The quantitative estimate of drug-likeness (QED) is 0.335. The van der Waals surface area contributed by atoms with Crippen molar-refractivity contribution in [2.24, 2.45) is 4.99 Å². The fourth-order valence-electron chi connectivity index (χ4n) is 2.68. The Bertz CT molecular complexity index is 646. The monoisotopic (exact) mass is 551 g/mol. The van der Waals surface area contributed by atoms with Crippen molar-refractivity contribution in [2.75, 3.05) is 44.6 Å². The molecule has 2 rings (SSSR count). The lowest BCUT2D eigenvalue weighted by atomic mass is 10.3. The SMILES string of the molecule is CCNC(=NCCC(=O)Nc1ccc(Br)cc1)N1CCN(C(C)=O)CC1.I. The second-order valence-corrected chi connectivity index (χ2v) is 6.95. The van der Waals surface area contributed by atoms with E-state index in [1.54, 1.807) is 6.92 Å². The highest BCUT2D eigenvalue weighted by Gasteiger charge is 2.20. The normalized spacial score (nSPS) is 14.4. The predicted octanol–water partition coefficient (Wildman–Crippen LogP) is 2.53. The Morgan fingerprint density at radius 3 is 2.26 bits per heavy atom. The third-order valence-corrected chi connectivity index (χ3v) is 4.62. The lowest BCUT2D eigenvalue weighted by molar-refractivity contribution is -0.130. The van der Waals surface area contributed by atoms with Gasteiger partial charge in [0.25, 0.3) is 0 Å². The zero-order valence-corrected chi connectivity index (χ0v) is 19.6. The number of nitrogens with zero attached hydrogens (tertiary/aromatic N) is 3. The van der Waals surface area contributed by atoms with E-state index in [0.29, 0.717) is 26.1 Å². The van der Waals surface area contributed by atoms with E-state index in [2.05, 4.69) is 36.5 Å². The van der Waals surface area contributed by atoms with E-state index >= 15 is 0 Å². The van der Waals surface area contributed by atoms with Crippen LogP contribution in [0.3, 0.4) is 0 Å². The van der Waals surface area contributed by atoms with Gasteiger partial charge in [0.1, 0.15) is 0 Å². The molecule has 1 fully saturated rings. The summed E-state index contributed by atoms with van der Waals surface area (Å²) in [7, 11) is 0. The molecule has 9 heteroatoms. The smallest absolute Gasteiger partial charge is 0.226 e. The van der Waals surface area contributed by atoms with Crippen LogP contribution in [0.2, 0.25) is 0 Å². The van der Waals surface area contributed by atoms with Crippen LogP contribution >= 0.6 is 39.9 Å². The van der Waals surface area contributed by atoms with Crippen molar-refractivity contribution in [1.29, 1.82) is 0 Å². The van der Waals surface area contributed by atoms with E-state index in [1.165, 1.54) is 0 Å². The van der Waals surface area contributed by atoms with Crippen molar-refractivity contribution < 1.29 is 9.59 Å². The summed E-state index contributed by atoms with van der Waals surface area (Å²) in [5.41, 5.74) is 0.773. The van der Waals surface area contributed by atoms with Crippen LogP contribution in [0, 0.1) is 0 Å². The summed E-state index contributed by atoms with van der Waals surface area (Å²) in [5.74, 6) is 0.844. The fourth-order valence-corrected chi connectivity index (χ4v) is 2.94. The molecule has 2 N–H and O–H groups in total. The van der Waals surface area contributed by atoms with Gasteiger partial charge in [-0.25, -0.2) is 0 Å². The second kappa shape index (κ2) is 12.2. The highest BCUT2D eigenvalue weighted by atomic mass is 127. The zero-order valence-electron chi connectivity index (χ0n) is 15.7. The molecular formula is C18H27BrIN5O2. The van der Waals surface area contributed by atoms with Crippen LogP contribution in [0.25, 0.3) is 0 Å². The minimum Gasteiger partial charge on any atom is -0.357 e. The van der Waals surface area contributed by atoms with Gasteiger partial charge < -0.3 is 20.4 Å². The van der Waals surface area contributed by atoms with Gasteiger partial charge in [-0.05, 0) is 31.2 Å². The molecule has 1 heterocycles. The van der Waals surface area contributed by atoms with Crippen LogP contribution < -0.4 is 10.6 Å². The number of aliphatic imine (C=N–C) groups is 1. The van der Waals surface area contributed by atoms with Gasteiger partial charge in [0.2, 0.25) is 11.8 Å². The van der Waals surface area contributed by atoms with Gasteiger partial charge in [0.05, 0.1) is 6.54 Å². The van der Waals surface area contributed by atoms with Gasteiger partial charge in [-0.1, -0.05) is 15.9 Å². The summed E-state index contributed by atoms with van der Waals surface area (Å²) >= 11 is 3.37. The number of carbonyl (C=O) groups is 2. The first kappa shape index (κ1) is 23.7. The largest absolute Gasteiger partial charge is 0.357 e. The summed E-state index contributed by atoms with van der Waals surface area (Å²) in [4.78, 5) is 32.0. The van der Waals surface area contributed by atoms with Crippen LogP contribution in [0.1, 0.15) is 20.3 Å². The predicted molar refractivity (Wildman–Crippen MR) is 123 cm³/mol. The topological polar surface area (TPSA) is 77.0 Å². The lowest BCUT2D eigenvalue weighted by Crippen LogP contribution is -2.53. The molecule has 0 aliphatic carbocycles. The molecule has 0 bridgehead atoms. The van der Waals surface area contributed by atoms with Crippen LogP contribution in [0.15, 0.2) is 33.7 Å². The van der Waals surface area contributed by atoms with Crippen LogP contribution in [0.4, 0.5) is 5.69 Å². The summed E-state index contributed by atoms with van der Waals surface area (Å²) in [5, 5.41) is 6.13. The Labute approximate surface area is 186 Å². The Morgan fingerprint density at radius 1 is 1.11 bits per heavy atom. The molecule has 0 spiro atoms. The third-order valence-electron chi connectivity index (χ3n) is 4.09. The van der Waals surface area contributed by atoms with Crippen molar-refractivity contribution in [2.45, 2.75) is 20.3 Å². The lowest BCUT2D eigenvalue weighted by Gasteiger charge is -2.36. The van der Waals surface area contributed by atoms with E-state index in [4.69, 9.17) is 0 Å². The van der Waals surface area contributed by atoms with E-state index < -0.39 is 0 Å². The summed E-state index contributed by atoms with van der Waals surface area (Å²) in [6.45, 7) is 7.68. The molecule has 2 amide bonds. The van der Waals surface area contributed by atoms with Gasteiger partial charge in [-0.2, -0.15) is 0 Å². The molecule has 1 aromatic rings. The highest BCUT2D eigenvalue weighted by molar-refractivity contribution is 14.0. The Hall–Kier alpha value is -1.36. The first-order valence-electron chi connectivity index (χ1n) is 8.83. The molecule has 150 valence electrons. The molecule has 27 heavy (non-hydrogen) atoms. The number of hydrogen-bond donors (Lipinski definition) is 2. The number of benzene rings is 1. The Kier molecular flexibility index (Phi) is 10.7. The van der Waals surface area contributed by atoms with Crippen molar-refractivity contribution in [3.63, 3.8) is 0 Å². The molecule has 0 atom stereocenters. The van der Waals surface area contributed by atoms with Crippen LogP contribution in [-0.4, -0.2) is 66.8 Å². The first-order valence-corrected chi connectivity index (χ1v) is 9.63. The minimum atomic E-state index is -0.0617. The van der Waals surface area contributed by atoms with E-state index in [1.807, 2.05) is 36.1 Å². The molecule has 1 aliphatic heterocycles. The standard InChI is InChI=1S/C18H26BrN5O2.HI/c1-3-20-18(24-12-10-23(11-13-24)14(2)25)21-9-8-17(26)22-16-6-4-15(19)5-7-16;/h4-7H,3,8-13H2,1-2H3,(H,20,21)(H,22,26);1H. The van der Waals surface area contributed by atoms with E-state index in [9.17, 15) is 9.59 Å². The minimum absolute atomic E-state index is 0. The molecular weight excluding hydrogens is 525 g/mol. The molecule has 0 unspecified atom stereocenters. The number of piperazine rings is 1. The maximum absolute atomic E-state index is 12.1. The maximum Gasteiger partial charge on any atom is 0.226 e. The Balaban J connectivity index is 0.00000364. The van der Waals surface area contributed by atoms with Gasteiger partial charge in [0, 0.05) is 56.2 Å². The number of carbonyl (C=O) groups excluding carboxylic acids is 2. The van der Waals surface area contributed by atoms with Crippen molar-refractivity contribution in [1.82, 2.24) is 15.1 Å². The second-order valence-electron chi connectivity index (χ2n) is 6.03. The zero-order chi connectivity index (χ0) is 18.9. The molecule has 1 aromatic carbocycles. The van der Waals surface area contributed by atoms with Gasteiger partial charge in [0.15, 0.2) is 5.96 Å². The van der Waals surface area contributed by atoms with Gasteiger partial charge in [-0.3, -0.25) is 14.6 Å². The summed E-state index contributed by atoms with van der Waals surface area (Å²) < 4.78 is 0.972. The fraction of sp³-hybridized carbons (Fsp3) is 0.500. The average molecular weight is 552 g/mol. The molecule has 0 saturated carbocycles. The van der Waals surface area contributed by atoms with Gasteiger partial charge in [-0.15, -0.1) is 24.0 Å².